The van der Waals surface area contributed by atoms with Gasteiger partial charge in [0.05, 0.1) is 18.3 Å². The predicted octanol–water partition coefficient (Wildman–Crippen LogP) is 4.44. The third-order valence-corrected chi connectivity index (χ3v) is 5.14. The molecule has 2 heterocycles. The van der Waals surface area contributed by atoms with E-state index in [1.807, 2.05) is 0 Å². The van der Waals surface area contributed by atoms with Crippen LogP contribution in [0.25, 0.3) is 10.9 Å². The number of hydrogen-bond donors (Lipinski definition) is 2. The first-order valence-electron chi connectivity index (χ1n) is 9.17. The molecule has 152 valence electrons. The molecule has 0 radical (unpaired) electrons. The minimum absolute atomic E-state index is 0.00745. The summed E-state index contributed by atoms with van der Waals surface area (Å²) < 4.78 is 39.4. The molecule has 3 aromatic rings. The van der Waals surface area contributed by atoms with Gasteiger partial charge < -0.3 is 20.1 Å². The molecule has 0 saturated carbocycles. The topological polar surface area (TPSA) is 68.3 Å². The number of aromatic nitrogens is 2. The fourth-order valence-electron chi connectivity index (χ4n) is 3.26. The quantitative estimate of drug-likeness (QED) is 0.594. The summed E-state index contributed by atoms with van der Waals surface area (Å²) in [6.45, 7) is 1.78. The second-order valence-corrected chi connectivity index (χ2v) is 7.04. The van der Waals surface area contributed by atoms with Gasteiger partial charge in [-0.15, -0.1) is 0 Å². The third-order valence-electron chi connectivity index (χ3n) is 4.79. The van der Waals surface area contributed by atoms with Crippen LogP contribution in [0.2, 0.25) is 5.02 Å². The van der Waals surface area contributed by atoms with E-state index in [4.69, 9.17) is 21.1 Å². The first kappa shape index (κ1) is 19.6. The minimum Gasteiger partial charge on any atom is -0.493 e. The van der Waals surface area contributed by atoms with Crippen LogP contribution in [-0.2, 0) is 0 Å². The van der Waals surface area contributed by atoms with Crippen LogP contribution in [0.4, 0.5) is 20.3 Å². The highest BCUT2D eigenvalue weighted by Gasteiger charge is 2.19. The van der Waals surface area contributed by atoms with Crippen molar-refractivity contribution in [2.75, 3.05) is 25.5 Å². The largest absolute Gasteiger partial charge is 0.493 e. The maximum atomic E-state index is 14.3. The number of hydrogen-bond acceptors (Lipinski definition) is 6. The number of anilines is 2. The molecule has 6 nitrogen and oxygen atoms in total. The van der Waals surface area contributed by atoms with Crippen molar-refractivity contribution in [2.24, 2.45) is 0 Å². The van der Waals surface area contributed by atoms with Crippen molar-refractivity contribution in [3.05, 3.63) is 47.2 Å². The highest BCUT2D eigenvalue weighted by atomic mass is 35.5. The van der Waals surface area contributed by atoms with E-state index in [1.165, 1.54) is 12.4 Å². The van der Waals surface area contributed by atoms with Crippen LogP contribution in [0.1, 0.15) is 12.8 Å². The zero-order chi connectivity index (χ0) is 20.4. The lowest BCUT2D eigenvalue weighted by atomic mass is 10.1. The molecule has 1 saturated heterocycles. The van der Waals surface area contributed by atoms with Crippen LogP contribution in [0.5, 0.6) is 11.5 Å². The maximum absolute atomic E-state index is 14.3. The van der Waals surface area contributed by atoms with Gasteiger partial charge in [0.1, 0.15) is 29.1 Å². The normalized spacial score (nSPS) is 14.8. The molecule has 2 aromatic carbocycles. The standard InChI is InChI=1S/C20H19ClF2N4O2/c1-28-16-9-15-12(8-17(16)29-11-4-6-24-7-5-11)20(26-10-25-15)27-14-3-2-13(22)18(21)19(14)23/h2-3,8-11,24H,4-7H2,1H3,(H,25,26,27). The SMILES string of the molecule is COc1cc2ncnc(Nc3ccc(F)c(Cl)c3F)c2cc1OC1CCNCC1. The number of nitrogens with zero attached hydrogens (tertiary/aromatic N) is 2. The van der Waals surface area contributed by atoms with E-state index in [9.17, 15) is 8.78 Å². The average Bonchev–Trinajstić information content (AvgIpc) is 2.74. The van der Waals surface area contributed by atoms with Crippen LogP contribution in [0.3, 0.4) is 0 Å². The number of halogens is 3. The van der Waals surface area contributed by atoms with Gasteiger partial charge in [0, 0.05) is 11.5 Å². The molecule has 1 aromatic heterocycles. The van der Waals surface area contributed by atoms with Crippen LogP contribution in [0.15, 0.2) is 30.6 Å². The van der Waals surface area contributed by atoms with Gasteiger partial charge in [-0.25, -0.2) is 18.7 Å². The number of rotatable bonds is 5. The first-order chi connectivity index (χ1) is 14.1. The number of methoxy groups -OCH3 is 1. The van der Waals surface area contributed by atoms with Crippen molar-refractivity contribution < 1.29 is 18.3 Å². The van der Waals surface area contributed by atoms with E-state index in [0.29, 0.717) is 28.2 Å². The Labute approximate surface area is 171 Å². The molecule has 0 bridgehead atoms. The van der Waals surface area contributed by atoms with Gasteiger partial charge in [-0.1, -0.05) is 11.6 Å². The smallest absolute Gasteiger partial charge is 0.168 e. The van der Waals surface area contributed by atoms with Crippen molar-refractivity contribution in [2.45, 2.75) is 18.9 Å². The number of ether oxygens (including phenoxy) is 2. The van der Waals surface area contributed by atoms with Gasteiger partial charge in [0.2, 0.25) is 0 Å². The molecule has 4 rings (SSSR count). The second kappa shape index (κ2) is 8.34. The van der Waals surface area contributed by atoms with Gasteiger partial charge in [0.25, 0.3) is 0 Å². The van der Waals surface area contributed by atoms with E-state index in [1.54, 1.807) is 19.2 Å². The van der Waals surface area contributed by atoms with Gasteiger partial charge >= 0.3 is 0 Å². The predicted molar refractivity (Wildman–Crippen MR) is 107 cm³/mol. The van der Waals surface area contributed by atoms with Crippen molar-refractivity contribution in [3.63, 3.8) is 0 Å². The summed E-state index contributed by atoms with van der Waals surface area (Å²) in [6, 6.07) is 5.86. The fourth-order valence-corrected chi connectivity index (χ4v) is 3.42. The van der Waals surface area contributed by atoms with Gasteiger partial charge in [0.15, 0.2) is 17.3 Å². The third kappa shape index (κ3) is 4.04. The number of piperidine rings is 1. The van der Waals surface area contributed by atoms with Crippen molar-refractivity contribution in [1.82, 2.24) is 15.3 Å². The Morgan fingerprint density at radius 1 is 1.14 bits per heavy atom. The molecule has 0 unspecified atom stereocenters. The highest BCUT2D eigenvalue weighted by molar-refractivity contribution is 6.31. The molecule has 0 spiro atoms. The lowest BCUT2D eigenvalue weighted by Gasteiger charge is -2.25. The Hall–Kier alpha value is -2.71. The molecule has 1 aliphatic heterocycles. The van der Waals surface area contributed by atoms with E-state index >= 15 is 0 Å². The summed E-state index contributed by atoms with van der Waals surface area (Å²) in [4.78, 5) is 8.46. The molecular weight excluding hydrogens is 402 g/mol. The number of fused-ring (bicyclic) bond motifs is 1. The molecule has 0 atom stereocenters. The van der Waals surface area contributed by atoms with Gasteiger partial charge in [-0.2, -0.15) is 0 Å². The molecular formula is C20H19ClF2N4O2. The Kier molecular flexibility index (Phi) is 5.64. The lowest BCUT2D eigenvalue weighted by Crippen LogP contribution is -2.34. The molecule has 9 heteroatoms. The zero-order valence-electron chi connectivity index (χ0n) is 15.6. The molecule has 1 aliphatic rings. The van der Waals surface area contributed by atoms with Gasteiger partial charge in [-0.05, 0) is 44.1 Å². The van der Waals surface area contributed by atoms with E-state index in [2.05, 4.69) is 20.6 Å². The van der Waals surface area contributed by atoms with Crippen LogP contribution < -0.4 is 20.1 Å². The zero-order valence-corrected chi connectivity index (χ0v) is 16.4. The monoisotopic (exact) mass is 420 g/mol. The molecule has 0 amide bonds. The summed E-state index contributed by atoms with van der Waals surface area (Å²) in [6.07, 6.45) is 3.19. The van der Waals surface area contributed by atoms with Gasteiger partial charge in [-0.3, -0.25) is 0 Å². The van der Waals surface area contributed by atoms with E-state index in [-0.39, 0.29) is 11.8 Å². The molecule has 1 fully saturated rings. The Bertz CT molecular complexity index is 1040. The first-order valence-corrected chi connectivity index (χ1v) is 9.55. The minimum atomic E-state index is -0.891. The molecule has 0 aliphatic carbocycles. The summed E-state index contributed by atoms with van der Waals surface area (Å²) in [5, 5.41) is 6.19. The van der Waals surface area contributed by atoms with E-state index in [0.717, 1.165) is 32.0 Å². The Morgan fingerprint density at radius 2 is 1.93 bits per heavy atom. The number of benzene rings is 2. The second-order valence-electron chi connectivity index (χ2n) is 6.66. The molecule has 2 N–H and O–H groups in total. The lowest BCUT2D eigenvalue weighted by molar-refractivity contribution is 0.157. The fraction of sp³-hybridized carbons (Fsp3) is 0.300. The van der Waals surface area contributed by atoms with Crippen LogP contribution >= 0.6 is 11.6 Å². The van der Waals surface area contributed by atoms with Crippen molar-refractivity contribution in [1.29, 1.82) is 0 Å². The average molecular weight is 421 g/mol. The van der Waals surface area contributed by atoms with E-state index < -0.39 is 16.7 Å². The summed E-state index contributed by atoms with van der Waals surface area (Å²) in [5.41, 5.74) is 0.596. The Morgan fingerprint density at radius 3 is 2.69 bits per heavy atom. The van der Waals surface area contributed by atoms with Crippen molar-refractivity contribution in [3.8, 4) is 11.5 Å². The van der Waals surface area contributed by atoms with Crippen molar-refractivity contribution >= 4 is 34.0 Å². The summed E-state index contributed by atoms with van der Waals surface area (Å²) in [5.74, 6) is -0.267. The summed E-state index contributed by atoms with van der Waals surface area (Å²) in [7, 11) is 1.56. The summed E-state index contributed by atoms with van der Waals surface area (Å²) >= 11 is 5.68. The van der Waals surface area contributed by atoms with Crippen LogP contribution in [-0.4, -0.2) is 36.3 Å². The number of nitrogens with one attached hydrogen (secondary N) is 2. The van der Waals surface area contributed by atoms with Crippen LogP contribution in [0, 0.1) is 11.6 Å². The highest BCUT2D eigenvalue weighted by Crippen LogP contribution is 2.36. The Balaban J connectivity index is 1.73. The molecule has 29 heavy (non-hydrogen) atoms. The maximum Gasteiger partial charge on any atom is 0.168 e.